The number of aromatic nitrogens is 3. The van der Waals surface area contributed by atoms with E-state index in [-0.39, 0.29) is 11.4 Å². The van der Waals surface area contributed by atoms with Gasteiger partial charge in [0.05, 0.1) is 21.3 Å². The Hall–Kier alpha value is -1.54. The predicted molar refractivity (Wildman–Crippen MR) is 69.7 cm³/mol. The number of nitrogens with one attached hydrogen (secondary N) is 1. The molecular weight excluding hydrogens is 306 g/mol. The van der Waals surface area contributed by atoms with E-state index in [4.69, 9.17) is 11.5 Å². The summed E-state index contributed by atoms with van der Waals surface area (Å²) in [5.41, 5.74) is 11.5. The smallest absolute Gasteiger partial charge is 0.253 e. The van der Waals surface area contributed by atoms with Gasteiger partial charge in [-0.25, -0.2) is 4.98 Å². The van der Waals surface area contributed by atoms with Gasteiger partial charge >= 0.3 is 0 Å². The van der Waals surface area contributed by atoms with Crippen LogP contribution in [0.15, 0.2) is 37.8 Å². The van der Waals surface area contributed by atoms with Crippen LogP contribution >= 0.6 is 27.7 Å². The van der Waals surface area contributed by atoms with E-state index in [1.807, 2.05) is 0 Å². The molecule has 5 N–H and O–H groups in total. The van der Waals surface area contributed by atoms with Crippen molar-refractivity contribution in [1.29, 1.82) is 0 Å². The maximum Gasteiger partial charge on any atom is 0.253 e. The van der Waals surface area contributed by atoms with Gasteiger partial charge in [0.25, 0.3) is 5.56 Å². The highest BCUT2D eigenvalue weighted by Crippen LogP contribution is 2.34. The summed E-state index contributed by atoms with van der Waals surface area (Å²) in [6.07, 6.45) is 3.14. The third kappa shape index (κ3) is 2.77. The average Bonchev–Trinajstić information content (AvgIpc) is 2.22. The summed E-state index contributed by atoms with van der Waals surface area (Å²) in [4.78, 5) is 22.4. The molecule has 0 aliphatic heterocycles. The third-order valence-corrected chi connectivity index (χ3v) is 3.73. The van der Waals surface area contributed by atoms with Crippen molar-refractivity contribution in [3.63, 3.8) is 0 Å². The van der Waals surface area contributed by atoms with E-state index in [0.717, 1.165) is 9.37 Å². The van der Waals surface area contributed by atoms with Crippen molar-refractivity contribution < 1.29 is 0 Å². The second-order valence-corrected chi connectivity index (χ2v) is 4.97. The molecule has 2 aromatic rings. The van der Waals surface area contributed by atoms with Crippen molar-refractivity contribution in [1.82, 2.24) is 15.0 Å². The number of anilines is 2. The molecule has 0 amide bonds. The molecule has 0 unspecified atom stereocenters. The summed E-state index contributed by atoms with van der Waals surface area (Å²) in [7, 11) is 0. The first-order valence-corrected chi connectivity index (χ1v) is 6.11. The van der Waals surface area contributed by atoms with Crippen LogP contribution in [0.25, 0.3) is 0 Å². The second-order valence-electron chi connectivity index (χ2n) is 3.12. The Bertz CT molecular complexity index is 594. The van der Waals surface area contributed by atoms with E-state index < -0.39 is 0 Å². The topological polar surface area (TPSA) is 111 Å². The minimum Gasteiger partial charge on any atom is -0.397 e. The van der Waals surface area contributed by atoms with Crippen LogP contribution < -0.4 is 17.0 Å². The van der Waals surface area contributed by atoms with Gasteiger partial charge in [-0.05, 0) is 27.7 Å². The molecule has 0 spiro atoms. The first-order chi connectivity index (χ1) is 8.06. The highest BCUT2D eigenvalue weighted by Gasteiger charge is 2.09. The lowest BCUT2D eigenvalue weighted by Crippen LogP contribution is -2.09. The summed E-state index contributed by atoms with van der Waals surface area (Å²) < 4.78 is 0.729. The van der Waals surface area contributed by atoms with Crippen LogP contribution in [0.2, 0.25) is 0 Å². The number of rotatable bonds is 2. The lowest BCUT2D eigenvalue weighted by Gasteiger charge is -2.06. The van der Waals surface area contributed by atoms with Gasteiger partial charge in [-0.1, -0.05) is 0 Å². The Balaban J connectivity index is 2.41. The first kappa shape index (κ1) is 11.9. The molecule has 6 nitrogen and oxygen atoms in total. The predicted octanol–water partition coefficient (Wildman–Crippen LogP) is 1.24. The van der Waals surface area contributed by atoms with E-state index in [9.17, 15) is 4.79 Å². The number of hydrogen-bond donors (Lipinski definition) is 3. The quantitative estimate of drug-likeness (QED) is 0.719. The van der Waals surface area contributed by atoms with Gasteiger partial charge in [-0.15, -0.1) is 0 Å². The molecule has 2 rings (SSSR count). The molecule has 0 saturated carbocycles. The molecule has 0 fully saturated rings. The van der Waals surface area contributed by atoms with Gasteiger partial charge in [-0.3, -0.25) is 9.78 Å². The number of H-pyrrole nitrogens is 1. The van der Waals surface area contributed by atoms with Gasteiger partial charge in [0.15, 0.2) is 5.16 Å². The summed E-state index contributed by atoms with van der Waals surface area (Å²) >= 11 is 4.54. The van der Waals surface area contributed by atoms with Crippen molar-refractivity contribution in [3.8, 4) is 0 Å². The Labute approximate surface area is 109 Å². The van der Waals surface area contributed by atoms with Crippen molar-refractivity contribution in [2.75, 3.05) is 11.5 Å². The van der Waals surface area contributed by atoms with Gasteiger partial charge in [0.1, 0.15) is 5.82 Å². The van der Waals surface area contributed by atoms with Crippen molar-refractivity contribution >= 4 is 39.2 Å². The molecule has 0 bridgehead atoms. The van der Waals surface area contributed by atoms with Crippen LogP contribution in [-0.4, -0.2) is 15.0 Å². The molecule has 0 atom stereocenters. The van der Waals surface area contributed by atoms with E-state index in [1.54, 1.807) is 6.20 Å². The van der Waals surface area contributed by atoms with E-state index in [1.165, 1.54) is 24.0 Å². The van der Waals surface area contributed by atoms with Crippen LogP contribution in [0.5, 0.6) is 0 Å². The molecular formula is C9H8BrN5OS. The summed E-state index contributed by atoms with van der Waals surface area (Å²) in [5, 5.41) is 0.383. The monoisotopic (exact) mass is 313 g/mol. The van der Waals surface area contributed by atoms with E-state index >= 15 is 0 Å². The molecule has 2 heterocycles. The van der Waals surface area contributed by atoms with Crippen molar-refractivity contribution in [3.05, 3.63) is 33.3 Å². The van der Waals surface area contributed by atoms with Crippen LogP contribution in [0.1, 0.15) is 0 Å². The van der Waals surface area contributed by atoms with Crippen LogP contribution in [0.3, 0.4) is 0 Å². The molecule has 8 heteroatoms. The lowest BCUT2D eigenvalue weighted by atomic mass is 10.4. The lowest BCUT2D eigenvalue weighted by molar-refractivity contribution is 0.945. The second kappa shape index (κ2) is 4.76. The first-order valence-electron chi connectivity index (χ1n) is 4.50. The van der Waals surface area contributed by atoms with Crippen LogP contribution in [0.4, 0.5) is 11.5 Å². The SMILES string of the molecule is Nc1cc(=O)[nH]c(Sc2c(N)cncc2Br)n1. The molecule has 17 heavy (non-hydrogen) atoms. The number of pyridine rings is 1. The Morgan fingerprint density at radius 1 is 1.35 bits per heavy atom. The fourth-order valence-corrected chi connectivity index (χ4v) is 2.55. The Kier molecular flexibility index (Phi) is 3.34. The zero-order valence-electron chi connectivity index (χ0n) is 8.48. The Morgan fingerprint density at radius 2 is 2.12 bits per heavy atom. The molecule has 0 radical (unpaired) electrons. The number of nitrogen functional groups attached to an aromatic ring is 2. The summed E-state index contributed by atoms with van der Waals surface area (Å²) in [6, 6.07) is 1.22. The molecule has 88 valence electrons. The number of aromatic amines is 1. The van der Waals surface area contributed by atoms with Gasteiger partial charge in [-0.2, -0.15) is 0 Å². The number of nitrogens with zero attached hydrogens (tertiary/aromatic N) is 2. The highest BCUT2D eigenvalue weighted by molar-refractivity contribution is 9.10. The minimum atomic E-state index is -0.302. The molecule has 0 aliphatic rings. The van der Waals surface area contributed by atoms with Crippen LogP contribution in [-0.2, 0) is 0 Å². The highest BCUT2D eigenvalue weighted by atomic mass is 79.9. The fraction of sp³-hybridized carbons (Fsp3) is 0. The number of halogens is 1. The summed E-state index contributed by atoms with van der Waals surface area (Å²) in [6.45, 7) is 0. The summed E-state index contributed by atoms with van der Waals surface area (Å²) in [5.74, 6) is 0.167. The van der Waals surface area contributed by atoms with Crippen LogP contribution in [0, 0.1) is 0 Å². The number of nitrogens with two attached hydrogens (primary N) is 2. The minimum absolute atomic E-state index is 0.167. The maximum atomic E-state index is 11.2. The fourth-order valence-electron chi connectivity index (χ4n) is 1.14. The average molecular weight is 314 g/mol. The molecule has 0 aliphatic carbocycles. The maximum absolute atomic E-state index is 11.2. The standard InChI is InChI=1S/C9H8BrN5OS/c10-4-2-13-3-5(11)8(4)17-9-14-6(12)1-7(16)15-9/h1-3H,11H2,(H3,12,14,15,16). The van der Waals surface area contributed by atoms with Crippen molar-refractivity contribution in [2.45, 2.75) is 10.1 Å². The third-order valence-electron chi connectivity index (χ3n) is 1.82. The zero-order chi connectivity index (χ0) is 12.4. The van der Waals surface area contributed by atoms with E-state index in [0.29, 0.717) is 10.8 Å². The van der Waals surface area contributed by atoms with Gasteiger partial charge in [0.2, 0.25) is 0 Å². The largest absolute Gasteiger partial charge is 0.397 e. The van der Waals surface area contributed by atoms with Crippen molar-refractivity contribution in [2.24, 2.45) is 0 Å². The van der Waals surface area contributed by atoms with E-state index in [2.05, 4.69) is 30.9 Å². The molecule has 2 aromatic heterocycles. The molecule has 0 aromatic carbocycles. The normalized spacial score (nSPS) is 10.4. The van der Waals surface area contributed by atoms with Gasteiger partial charge < -0.3 is 16.5 Å². The Morgan fingerprint density at radius 3 is 2.76 bits per heavy atom. The number of hydrogen-bond acceptors (Lipinski definition) is 6. The van der Waals surface area contributed by atoms with Gasteiger partial charge in [0, 0.05) is 12.3 Å². The molecule has 0 saturated heterocycles. The zero-order valence-corrected chi connectivity index (χ0v) is 10.9.